The van der Waals surface area contributed by atoms with Gasteiger partial charge in [0.2, 0.25) is 0 Å². The van der Waals surface area contributed by atoms with E-state index in [9.17, 15) is 0 Å². The largest absolute Gasteiger partial charge is 0.309 e. The van der Waals surface area contributed by atoms with Crippen molar-refractivity contribution in [2.45, 2.75) is 0 Å². The molecule has 66 heavy (non-hydrogen) atoms. The Morgan fingerprint density at radius 1 is 0.273 bits per heavy atom. The molecular formula is C64H39NS. The van der Waals surface area contributed by atoms with Crippen molar-refractivity contribution in [3.63, 3.8) is 0 Å². The zero-order valence-electron chi connectivity index (χ0n) is 35.9. The van der Waals surface area contributed by atoms with Gasteiger partial charge in [-0.1, -0.05) is 206 Å². The molecule has 0 spiro atoms. The number of hydrogen-bond donors (Lipinski definition) is 0. The highest BCUT2D eigenvalue weighted by atomic mass is 32.1. The van der Waals surface area contributed by atoms with Crippen molar-refractivity contribution in [1.82, 2.24) is 4.57 Å². The summed E-state index contributed by atoms with van der Waals surface area (Å²) in [6.07, 6.45) is 0. The lowest BCUT2D eigenvalue weighted by Crippen LogP contribution is -1.96. The van der Waals surface area contributed by atoms with E-state index in [-0.39, 0.29) is 0 Å². The van der Waals surface area contributed by atoms with Crippen LogP contribution in [0.1, 0.15) is 0 Å². The highest BCUT2D eigenvalue weighted by molar-refractivity contribution is 7.26. The zero-order chi connectivity index (χ0) is 43.3. The lowest BCUT2D eigenvalue weighted by atomic mass is 9.84. The van der Waals surface area contributed by atoms with Crippen molar-refractivity contribution in [3.05, 3.63) is 237 Å². The predicted molar refractivity (Wildman–Crippen MR) is 285 cm³/mol. The molecule has 1 nitrogen and oxygen atoms in total. The number of thiophene rings is 1. The third-order valence-electron chi connectivity index (χ3n) is 14.0. The summed E-state index contributed by atoms with van der Waals surface area (Å²) in [5.41, 5.74) is 13.7. The molecule has 2 heterocycles. The summed E-state index contributed by atoms with van der Waals surface area (Å²) in [7, 11) is 0. The SMILES string of the molecule is c1ccc(-c2c3ccccc3c(-c3ccc4c(c3)sc3cccc(-c5c6ccccc6c(-c6cccc7c8ccccc8n(-c8ccccc8)c67)c6ccccc56)c34)c3ccccc23)cc1. The molecule has 2 heteroatoms. The normalized spacial score (nSPS) is 11.9. The standard InChI is InChI=1S/C64H39NS/c1-3-19-40(20-4-1)59-44-24-7-9-26-46(44)60(47-27-10-8-25-45(47)59)41-37-38-53-58(39-41)66-57-36-18-33-54(63(53)57)61-48-28-11-13-30-50(48)62(51-31-14-12-29-49(51)61)55-34-17-32-52-43-23-15-16-35-56(43)65(64(52)55)42-21-5-2-6-22-42/h1-39H. The van der Waals surface area contributed by atoms with Gasteiger partial charge in [0.05, 0.1) is 11.0 Å². The fraction of sp³-hybridized carbons (Fsp3) is 0. The fourth-order valence-corrected chi connectivity index (χ4v) is 12.5. The lowest BCUT2D eigenvalue weighted by Gasteiger charge is -2.20. The Hall–Kier alpha value is -8.30. The number of rotatable bonds is 5. The average molecular weight is 854 g/mol. The van der Waals surface area contributed by atoms with Gasteiger partial charge in [-0.05, 0) is 112 Å². The third-order valence-corrected chi connectivity index (χ3v) is 15.1. The van der Waals surface area contributed by atoms with Crippen LogP contribution in [0.5, 0.6) is 0 Å². The minimum atomic E-state index is 1.16. The van der Waals surface area contributed by atoms with Crippen LogP contribution in [0, 0.1) is 0 Å². The minimum Gasteiger partial charge on any atom is -0.309 e. The molecule has 0 bridgehead atoms. The summed E-state index contributed by atoms with van der Waals surface area (Å²) < 4.78 is 5.05. The van der Waals surface area contributed by atoms with Crippen molar-refractivity contribution in [3.8, 4) is 50.2 Å². The maximum atomic E-state index is 2.47. The zero-order valence-corrected chi connectivity index (χ0v) is 36.7. The first kappa shape index (κ1) is 37.1. The number of fused-ring (bicyclic) bond motifs is 10. The molecular weight excluding hydrogens is 815 g/mol. The summed E-state index contributed by atoms with van der Waals surface area (Å²) in [5, 5.41) is 15.2. The van der Waals surface area contributed by atoms with Gasteiger partial charge in [-0.15, -0.1) is 11.3 Å². The third kappa shape index (κ3) is 5.40. The van der Waals surface area contributed by atoms with Gasteiger partial charge in [0.1, 0.15) is 0 Å². The van der Waals surface area contributed by atoms with Gasteiger partial charge in [-0.3, -0.25) is 0 Å². The first-order valence-corrected chi connectivity index (χ1v) is 23.6. The van der Waals surface area contributed by atoms with Crippen LogP contribution in [0.4, 0.5) is 0 Å². The molecule has 306 valence electrons. The van der Waals surface area contributed by atoms with Crippen LogP contribution in [-0.2, 0) is 0 Å². The molecule has 0 radical (unpaired) electrons. The van der Waals surface area contributed by atoms with E-state index in [2.05, 4.69) is 241 Å². The monoisotopic (exact) mass is 853 g/mol. The van der Waals surface area contributed by atoms with Gasteiger partial charge >= 0.3 is 0 Å². The topological polar surface area (TPSA) is 4.93 Å². The van der Waals surface area contributed by atoms with Crippen LogP contribution >= 0.6 is 11.3 Å². The quantitative estimate of drug-likeness (QED) is 0.152. The first-order chi connectivity index (χ1) is 32.8. The molecule has 0 fully saturated rings. The van der Waals surface area contributed by atoms with Gasteiger partial charge in [0.25, 0.3) is 0 Å². The summed E-state index contributed by atoms with van der Waals surface area (Å²) in [4.78, 5) is 0. The highest BCUT2D eigenvalue weighted by Gasteiger charge is 2.24. The molecule has 14 aromatic rings. The van der Waals surface area contributed by atoms with E-state index in [0.717, 1.165) is 5.69 Å². The Balaban J connectivity index is 1.02. The van der Waals surface area contributed by atoms with Crippen molar-refractivity contribution in [2.24, 2.45) is 0 Å². The van der Waals surface area contributed by atoms with Crippen LogP contribution in [0.25, 0.3) is 135 Å². The molecule has 0 atom stereocenters. The number of benzene rings is 12. The van der Waals surface area contributed by atoms with E-state index >= 15 is 0 Å². The lowest BCUT2D eigenvalue weighted by molar-refractivity contribution is 1.18. The Kier molecular flexibility index (Phi) is 8.22. The Labute approximate surface area is 385 Å². The van der Waals surface area contributed by atoms with Gasteiger partial charge in [0, 0.05) is 42.2 Å². The molecule has 0 amide bonds. The summed E-state index contributed by atoms with van der Waals surface area (Å²) >= 11 is 1.90. The highest BCUT2D eigenvalue weighted by Crippen LogP contribution is 2.51. The molecule has 12 aromatic carbocycles. The van der Waals surface area contributed by atoms with Crippen molar-refractivity contribution in [1.29, 1.82) is 0 Å². The number of hydrogen-bond acceptors (Lipinski definition) is 1. The Bertz CT molecular complexity index is 4160. The van der Waals surface area contributed by atoms with Crippen molar-refractivity contribution < 1.29 is 0 Å². The van der Waals surface area contributed by atoms with Crippen LogP contribution in [0.2, 0.25) is 0 Å². The van der Waals surface area contributed by atoms with E-state index in [4.69, 9.17) is 0 Å². The van der Waals surface area contributed by atoms with Gasteiger partial charge in [0.15, 0.2) is 0 Å². The van der Waals surface area contributed by atoms with E-state index in [0.29, 0.717) is 0 Å². The second-order valence-electron chi connectivity index (χ2n) is 17.4. The number of para-hydroxylation sites is 3. The van der Waals surface area contributed by atoms with Gasteiger partial charge < -0.3 is 4.57 Å². The first-order valence-electron chi connectivity index (χ1n) is 22.8. The fourth-order valence-electron chi connectivity index (χ4n) is 11.3. The summed E-state index contributed by atoms with van der Waals surface area (Å²) in [6.45, 7) is 0. The molecule has 0 aliphatic heterocycles. The molecule has 14 rings (SSSR count). The Morgan fingerprint density at radius 2 is 0.727 bits per heavy atom. The van der Waals surface area contributed by atoms with E-state index in [1.807, 2.05) is 11.3 Å². The second kappa shape index (κ2) is 14.6. The second-order valence-corrected chi connectivity index (χ2v) is 18.5. The minimum absolute atomic E-state index is 1.16. The average Bonchev–Trinajstić information content (AvgIpc) is 3.94. The molecule has 0 saturated heterocycles. The van der Waals surface area contributed by atoms with E-state index in [1.54, 1.807) is 0 Å². The van der Waals surface area contributed by atoms with E-state index < -0.39 is 0 Å². The van der Waals surface area contributed by atoms with Gasteiger partial charge in [-0.25, -0.2) is 0 Å². The summed E-state index contributed by atoms with van der Waals surface area (Å²) in [6, 6.07) is 87.6. The smallest absolute Gasteiger partial charge is 0.0619 e. The molecule has 2 aromatic heterocycles. The van der Waals surface area contributed by atoms with Crippen LogP contribution in [0.15, 0.2) is 237 Å². The molecule has 0 unspecified atom stereocenters. The number of aromatic nitrogens is 1. The Morgan fingerprint density at radius 3 is 1.33 bits per heavy atom. The molecule has 0 N–H and O–H groups in total. The maximum absolute atomic E-state index is 2.47. The molecule has 0 aliphatic carbocycles. The predicted octanol–water partition coefficient (Wildman–Crippen LogP) is 18.4. The van der Waals surface area contributed by atoms with Gasteiger partial charge in [-0.2, -0.15) is 0 Å². The number of nitrogens with zero attached hydrogens (tertiary/aromatic N) is 1. The van der Waals surface area contributed by atoms with Crippen molar-refractivity contribution >= 4 is 96.4 Å². The molecule has 0 aliphatic rings. The van der Waals surface area contributed by atoms with Crippen LogP contribution in [-0.4, -0.2) is 4.57 Å². The maximum Gasteiger partial charge on any atom is 0.0619 e. The van der Waals surface area contributed by atoms with Crippen LogP contribution < -0.4 is 0 Å². The molecule has 0 saturated carbocycles. The summed E-state index contributed by atoms with van der Waals surface area (Å²) in [5.74, 6) is 0. The van der Waals surface area contributed by atoms with Crippen molar-refractivity contribution in [2.75, 3.05) is 0 Å². The van der Waals surface area contributed by atoms with E-state index in [1.165, 1.54) is 130 Å². The van der Waals surface area contributed by atoms with Crippen LogP contribution in [0.3, 0.4) is 0 Å².